The van der Waals surface area contributed by atoms with Crippen molar-refractivity contribution in [2.45, 2.75) is 32.7 Å². The van der Waals surface area contributed by atoms with E-state index in [1.807, 2.05) is 53.6 Å². The SMILES string of the molecule is Cc1ccn2cc(C(=O)N3CCC[C@@H]3c3cc(-c4ccc(F)cc4)cc(C)n3)nc2c1. The largest absolute Gasteiger partial charge is 0.329 e. The predicted molar refractivity (Wildman–Crippen MR) is 117 cm³/mol. The lowest BCUT2D eigenvalue weighted by Crippen LogP contribution is -2.31. The first-order valence-electron chi connectivity index (χ1n) is 10.5. The highest BCUT2D eigenvalue weighted by Crippen LogP contribution is 2.34. The number of rotatable bonds is 3. The van der Waals surface area contributed by atoms with E-state index in [0.29, 0.717) is 12.2 Å². The Kier molecular flexibility index (Phi) is 4.77. The number of fused-ring (bicyclic) bond motifs is 1. The number of aryl methyl sites for hydroxylation is 2. The van der Waals surface area contributed by atoms with Gasteiger partial charge in [0, 0.05) is 24.6 Å². The minimum atomic E-state index is -0.259. The van der Waals surface area contributed by atoms with E-state index in [9.17, 15) is 9.18 Å². The van der Waals surface area contributed by atoms with Crippen molar-refractivity contribution in [1.29, 1.82) is 0 Å². The lowest BCUT2D eigenvalue weighted by molar-refractivity contribution is 0.0727. The highest BCUT2D eigenvalue weighted by atomic mass is 19.1. The maximum atomic E-state index is 13.3. The number of nitrogens with zero attached hydrogens (tertiary/aromatic N) is 4. The van der Waals surface area contributed by atoms with Crippen LogP contribution in [-0.4, -0.2) is 31.7 Å². The van der Waals surface area contributed by atoms with Crippen LogP contribution < -0.4 is 0 Å². The molecule has 0 unspecified atom stereocenters. The van der Waals surface area contributed by atoms with Crippen molar-refractivity contribution in [1.82, 2.24) is 19.3 Å². The van der Waals surface area contributed by atoms with E-state index in [0.717, 1.165) is 46.6 Å². The lowest BCUT2D eigenvalue weighted by atomic mass is 10.0. The molecular weight excluding hydrogens is 391 g/mol. The highest BCUT2D eigenvalue weighted by molar-refractivity contribution is 5.93. The number of imidazole rings is 1. The summed E-state index contributed by atoms with van der Waals surface area (Å²) in [5.41, 5.74) is 5.97. The normalized spacial score (nSPS) is 16.2. The first-order valence-corrected chi connectivity index (χ1v) is 10.5. The molecule has 5 nitrogen and oxygen atoms in total. The minimum Gasteiger partial charge on any atom is -0.329 e. The molecule has 1 saturated heterocycles. The van der Waals surface area contributed by atoms with Gasteiger partial charge in [0.25, 0.3) is 5.91 Å². The molecule has 156 valence electrons. The van der Waals surface area contributed by atoms with Crippen LogP contribution in [0.5, 0.6) is 0 Å². The highest BCUT2D eigenvalue weighted by Gasteiger charge is 2.33. The van der Waals surface area contributed by atoms with Crippen LogP contribution in [0.1, 0.15) is 46.3 Å². The Morgan fingerprint density at radius 2 is 1.84 bits per heavy atom. The quantitative estimate of drug-likeness (QED) is 0.467. The van der Waals surface area contributed by atoms with E-state index >= 15 is 0 Å². The van der Waals surface area contributed by atoms with Crippen LogP contribution in [0.2, 0.25) is 0 Å². The van der Waals surface area contributed by atoms with Crippen LogP contribution in [0.25, 0.3) is 16.8 Å². The summed E-state index contributed by atoms with van der Waals surface area (Å²) in [6.45, 7) is 4.63. The molecule has 1 fully saturated rings. The first-order chi connectivity index (χ1) is 15.0. The fraction of sp³-hybridized carbons (Fsp3) is 0.240. The van der Waals surface area contributed by atoms with E-state index in [-0.39, 0.29) is 17.8 Å². The zero-order chi connectivity index (χ0) is 21.5. The van der Waals surface area contributed by atoms with Gasteiger partial charge in [0.15, 0.2) is 0 Å². The van der Waals surface area contributed by atoms with Crippen LogP contribution in [0.4, 0.5) is 4.39 Å². The molecule has 1 atom stereocenters. The predicted octanol–water partition coefficient (Wildman–Crippen LogP) is 5.13. The van der Waals surface area contributed by atoms with Crippen molar-refractivity contribution < 1.29 is 9.18 Å². The topological polar surface area (TPSA) is 50.5 Å². The van der Waals surface area contributed by atoms with E-state index in [2.05, 4.69) is 4.98 Å². The smallest absolute Gasteiger partial charge is 0.274 e. The van der Waals surface area contributed by atoms with Gasteiger partial charge in [0.2, 0.25) is 0 Å². The van der Waals surface area contributed by atoms with Gasteiger partial charge in [0.1, 0.15) is 17.2 Å². The third-order valence-corrected chi connectivity index (χ3v) is 5.84. The number of benzene rings is 1. The van der Waals surface area contributed by atoms with Crippen molar-refractivity contribution in [3.63, 3.8) is 0 Å². The molecule has 0 spiro atoms. The molecule has 6 heteroatoms. The number of carbonyl (C=O) groups excluding carboxylic acids is 1. The molecule has 31 heavy (non-hydrogen) atoms. The molecule has 0 aliphatic carbocycles. The van der Waals surface area contributed by atoms with Crippen molar-refractivity contribution in [3.8, 4) is 11.1 Å². The summed E-state index contributed by atoms with van der Waals surface area (Å²) in [6.07, 6.45) is 5.50. The number of halogens is 1. The number of pyridine rings is 2. The Balaban J connectivity index is 1.48. The summed E-state index contributed by atoms with van der Waals surface area (Å²) in [5, 5.41) is 0. The fourth-order valence-electron chi connectivity index (χ4n) is 4.33. The molecule has 4 aromatic rings. The van der Waals surface area contributed by atoms with Gasteiger partial charge in [-0.25, -0.2) is 9.37 Å². The van der Waals surface area contributed by atoms with Gasteiger partial charge in [-0.3, -0.25) is 9.78 Å². The number of carbonyl (C=O) groups is 1. The molecule has 0 N–H and O–H groups in total. The molecular formula is C25H23FN4O. The van der Waals surface area contributed by atoms with Gasteiger partial charge in [-0.15, -0.1) is 0 Å². The van der Waals surface area contributed by atoms with E-state index in [1.54, 1.807) is 18.3 Å². The molecule has 5 rings (SSSR count). The lowest BCUT2D eigenvalue weighted by Gasteiger charge is -2.24. The Labute approximate surface area is 180 Å². The van der Waals surface area contributed by atoms with Crippen LogP contribution in [-0.2, 0) is 0 Å². The third-order valence-electron chi connectivity index (χ3n) is 5.84. The van der Waals surface area contributed by atoms with E-state index < -0.39 is 0 Å². The second-order valence-corrected chi connectivity index (χ2v) is 8.18. The van der Waals surface area contributed by atoms with E-state index in [4.69, 9.17) is 4.98 Å². The first kappa shape index (κ1) is 19.4. The molecule has 4 heterocycles. The second kappa shape index (κ2) is 7.61. The molecule has 0 bridgehead atoms. The maximum absolute atomic E-state index is 13.3. The van der Waals surface area contributed by atoms with Crippen LogP contribution >= 0.6 is 0 Å². The zero-order valence-corrected chi connectivity index (χ0v) is 17.5. The van der Waals surface area contributed by atoms with Crippen molar-refractivity contribution in [3.05, 3.63) is 89.4 Å². The molecule has 0 radical (unpaired) electrons. The van der Waals surface area contributed by atoms with Gasteiger partial charge >= 0.3 is 0 Å². The van der Waals surface area contributed by atoms with Crippen molar-refractivity contribution in [2.24, 2.45) is 0 Å². The molecule has 0 saturated carbocycles. The Morgan fingerprint density at radius 3 is 2.65 bits per heavy atom. The van der Waals surface area contributed by atoms with Gasteiger partial charge in [0.05, 0.1) is 11.7 Å². The standard InChI is InChI=1S/C25H23FN4O/c1-16-9-11-29-15-22(28-24(29)12-16)25(31)30-10-3-4-23(30)21-14-19(13-17(2)27-21)18-5-7-20(26)8-6-18/h5-9,11-15,23H,3-4,10H2,1-2H3/t23-/m1/s1. The minimum absolute atomic E-state index is 0.0736. The summed E-state index contributed by atoms with van der Waals surface area (Å²) in [5.74, 6) is -0.333. The summed E-state index contributed by atoms with van der Waals surface area (Å²) >= 11 is 0. The molecule has 1 aliphatic rings. The number of hydrogen-bond donors (Lipinski definition) is 0. The maximum Gasteiger partial charge on any atom is 0.274 e. The number of aromatic nitrogens is 3. The van der Waals surface area contributed by atoms with Crippen LogP contribution in [0.15, 0.2) is 60.9 Å². The molecule has 1 amide bonds. The van der Waals surface area contributed by atoms with Gasteiger partial charge < -0.3 is 9.30 Å². The molecule has 3 aromatic heterocycles. The summed E-state index contributed by atoms with van der Waals surface area (Å²) in [4.78, 5) is 24.5. The van der Waals surface area contributed by atoms with Crippen LogP contribution in [0, 0.1) is 19.7 Å². The Bertz CT molecular complexity index is 1280. The van der Waals surface area contributed by atoms with Crippen molar-refractivity contribution in [2.75, 3.05) is 6.54 Å². The average molecular weight is 414 g/mol. The fourth-order valence-corrected chi connectivity index (χ4v) is 4.33. The van der Waals surface area contributed by atoms with Crippen LogP contribution in [0.3, 0.4) is 0 Å². The van der Waals surface area contributed by atoms with E-state index in [1.165, 1.54) is 12.1 Å². The summed E-state index contributed by atoms with van der Waals surface area (Å²) in [7, 11) is 0. The molecule has 1 aromatic carbocycles. The second-order valence-electron chi connectivity index (χ2n) is 8.18. The number of likely N-dealkylation sites (tertiary alicyclic amines) is 1. The van der Waals surface area contributed by atoms with Gasteiger partial charge in [-0.2, -0.15) is 0 Å². The van der Waals surface area contributed by atoms with Gasteiger partial charge in [-0.05, 0) is 79.8 Å². The summed E-state index contributed by atoms with van der Waals surface area (Å²) < 4.78 is 15.2. The molecule has 1 aliphatic heterocycles. The number of hydrogen-bond acceptors (Lipinski definition) is 3. The van der Waals surface area contributed by atoms with Gasteiger partial charge in [-0.1, -0.05) is 12.1 Å². The third kappa shape index (κ3) is 3.69. The Morgan fingerprint density at radius 1 is 1.03 bits per heavy atom. The summed E-state index contributed by atoms with van der Waals surface area (Å²) in [6, 6.07) is 14.3. The Hall–Kier alpha value is -3.54. The number of amides is 1. The monoisotopic (exact) mass is 414 g/mol. The zero-order valence-electron chi connectivity index (χ0n) is 17.5. The van der Waals surface area contributed by atoms with Crippen molar-refractivity contribution >= 4 is 11.6 Å². The average Bonchev–Trinajstić information content (AvgIpc) is 3.40.